The Kier molecular flexibility index (Phi) is 6.67. The Bertz CT molecular complexity index is 1020. The Balaban J connectivity index is 1.33. The molecule has 1 unspecified atom stereocenters. The molecule has 8 heteroatoms. The zero-order valence-electron chi connectivity index (χ0n) is 16.4. The maximum atomic E-state index is 12.7. The van der Waals surface area contributed by atoms with Gasteiger partial charge in [0.05, 0.1) is 17.5 Å². The fourth-order valence-corrected chi connectivity index (χ4v) is 4.07. The Morgan fingerprint density at radius 1 is 1.13 bits per heavy atom. The van der Waals surface area contributed by atoms with Crippen LogP contribution in [0.3, 0.4) is 0 Å². The summed E-state index contributed by atoms with van der Waals surface area (Å²) in [7, 11) is 0. The lowest BCUT2D eigenvalue weighted by Gasteiger charge is -2.30. The van der Waals surface area contributed by atoms with Crippen LogP contribution in [0, 0.1) is 5.92 Å². The predicted molar refractivity (Wildman–Crippen MR) is 116 cm³/mol. The number of halogens is 2. The number of rotatable bonds is 6. The van der Waals surface area contributed by atoms with Gasteiger partial charge in [0, 0.05) is 23.7 Å². The van der Waals surface area contributed by atoms with Gasteiger partial charge in [-0.2, -0.15) is 4.98 Å². The van der Waals surface area contributed by atoms with Crippen molar-refractivity contribution < 1.29 is 9.32 Å². The molecular weight excluding hydrogens is 423 g/mol. The molecule has 2 aromatic carbocycles. The summed E-state index contributed by atoms with van der Waals surface area (Å²) >= 11 is 12.4. The largest absolute Gasteiger partial charge is 0.352 e. The number of likely N-dealkylation sites (tertiary alicyclic amines) is 1. The molecule has 156 valence electrons. The highest BCUT2D eigenvalue weighted by atomic mass is 35.5. The molecule has 1 saturated heterocycles. The molecule has 3 aromatic rings. The van der Waals surface area contributed by atoms with Gasteiger partial charge in [0.1, 0.15) is 0 Å². The molecular formula is C22H22Cl2N4O2. The smallest absolute Gasteiger partial charge is 0.241 e. The molecule has 1 fully saturated rings. The number of amides is 1. The monoisotopic (exact) mass is 444 g/mol. The molecule has 6 nitrogen and oxygen atoms in total. The molecule has 1 atom stereocenters. The van der Waals surface area contributed by atoms with E-state index in [1.807, 2.05) is 42.5 Å². The van der Waals surface area contributed by atoms with Crippen LogP contribution < -0.4 is 5.32 Å². The van der Waals surface area contributed by atoms with Crippen molar-refractivity contribution in [1.82, 2.24) is 20.4 Å². The lowest BCUT2D eigenvalue weighted by Crippen LogP contribution is -2.42. The number of carbonyl (C=O) groups is 1. The summed E-state index contributed by atoms with van der Waals surface area (Å²) in [6.07, 6.45) is 1.80. The number of benzene rings is 2. The van der Waals surface area contributed by atoms with Gasteiger partial charge in [0.25, 0.3) is 0 Å². The van der Waals surface area contributed by atoms with E-state index in [0.29, 0.717) is 41.4 Å². The summed E-state index contributed by atoms with van der Waals surface area (Å²) in [5.41, 5.74) is 1.66. The molecule has 1 aliphatic rings. The van der Waals surface area contributed by atoms with Gasteiger partial charge in [-0.05, 0) is 43.1 Å². The van der Waals surface area contributed by atoms with Crippen molar-refractivity contribution in [3.05, 3.63) is 70.0 Å². The highest BCUT2D eigenvalue weighted by molar-refractivity contribution is 6.33. The molecule has 0 radical (unpaired) electrons. The summed E-state index contributed by atoms with van der Waals surface area (Å²) in [5.74, 6) is 0.956. The van der Waals surface area contributed by atoms with Gasteiger partial charge in [-0.25, -0.2) is 0 Å². The highest BCUT2D eigenvalue weighted by Crippen LogP contribution is 2.26. The summed E-state index contributed by atoms with van der Waals surface area (Å²) < 4.78 is 5.41. The second kappa shape index (κ2) is 9.60. The minimum absolute atomic E-state index is 0.0434. The lowest BCUT2D eigenvalue weighted by molar-refractivity contribution is -0.127. The van der Waals surface area contributed by atoms with Crippen molar-refractivity contribution in [2.75, 3.05) is 13.1 Å². The van der Waals surface area contributed by atoms with E-state index in [1.165, 1.54) is 0 Å². The zero-order valence-corrected chi connectivity index (χ0v) is 17.9. The van der Waals surface area contributed by atoms with Crippen LogP contribution in [0.4, 0.5) is 0 Å². The Morgan fingerprint density at radius 3 is 2.70 bits per heavy atom. The third kappa shape index (κ3) is 5.01. The first kappa shape index (κ1) is 20.8. The summed E-state index contributed by atoms with van der Waals surface area (Å²) in [6.45, 7) is 2.47. The Labute approximate surface area is 185 Å². The van der Waals surface area contributed by atoms with Crippen LogP contribution in [-0.2, 0) is 17.9 Å². The van der Waals surface area contributed by atoms with Gasteiger partial charge >= 0.3 is 0 Å². The highest BCUT2D eigenvalue weighted by Gasteiger charge is 2.27. The Morgan fingerprint density at radius 2 is 1.90 bits per heavy atom. The maximum Gasteiger partial charge on any atom is 0.241 e. The first-order chi connectivity index (χ1) is 14.6. The van der Waals surface area contributed by atoms with Crippen LogP contribution in [0.5, 0.6) is 0 Å². The van der Waals surface area contributed by atoms with Crippen molar-refractivity contribution in [2.45, 2.75) is 25.9 Å². The van der Waals surface area contributed by atoms with E-state index in [-0.39, 0.29) is 11.8 Å². The fraction of sp³-hybridized carbons (Fsp3) is 0.318. The third-order valence-corrected chi connectivity index (χ3v) is 5.93. The average molecular weight is 445 g/mol. The number of hydrogen-bond donors (Lipinski definition) is 1. The normalized spacial score (nSPS) is 17.1. The molecule has 0 spiro atoms. The summed E-state index contributed by atoms with van der Waals surface area (Å²) in [4.78, 5) is 19.3. The van der Waals surface area contributed by atoms with E-state index in [4.69, 9.17) is 27.7 Å². The fourth-order valence-electron chi connectivity index (χ4n) is 3.64. The van der Waals surface area contributed by atoms with Gasteiger partial charge < -0.3 is 9.84 Å². The van der Waals surface area contributed by atoms with Crippen LogP contribution in [-0.4, -0.2) is 34.0 Å². The van der Waals surface area contributed by atoms with E-state index in [2.05, 4.69) is 20.4 Å². The quantitative estimate of drug-likeness (QED) is 0.602. The number of carbonyl (C=O) groups excluding carboxylic acids is 1. The minimum atomic E-state index is -0.0767. The molecule has 2 heterocycles. The van der Waals surface area contributed by atoms with Crippen LogP contribution in [0.25, 0.3) is 11.4 Å². The van der Waals surface area contributed by atoms with E-state index in [1.54, 1.807) is 6.07 Å². The third-order valence-electron chi connectivity index (χ3n) is 5.23. The van der Waals surface area contributed by atoms with Crippen molar-refractivity contribution in [2.24, 2.45) is 5.92 Å². The molecule has 1 N–H and O–H groups in total. The number of hydrogen-bond acceptors (Lipinski definition) is 5. The molecule has 4 rings (SSSR count). The second-order valence-electron chi connectivity index (χ2n) is 7.38. The Hall–Kier alpha value is -2.41. The lowest BCUT2D eigenvalue weighted by atomic mass is 9.97. The molecule has 1 aliphatic heterocycles. The molecule has 0 aliphatic carbocycles. The minimum Gasteiger partial charge on any atom is -0.352 e. The van der Waals surface area contributed by atoms with Crippen LogP contribution >= 0.6 is 23.2 Å². The maximum absolute atomic E-state index is 12.7. The van der Waals surface area contributed by atoms with Crippen LogP contribution in [0.15, 0.2) is 53.1 Å². The van der Waals surface area contributed by atoms with Crippen LogP contribution in [0.2, 0.25) is 10.0 Å². The average Bonchev–Trinajstić information content (AvgIpc) is 3.21. The van der Waals surface area contributed by atoms with Crippen LogP contribution in [0.1, 0.15) is 24.3 Å². The van der Waals surface area contributed by atoms with Crippen molar-refractivity contribution >= 4 is 29.1 Å². The van der Waals surface area contributed by atoms with Gasteiger partial charge in [-0.15, -0.1) is 0 Å². The first-order valence-electron chi connectivity index (χ1n) is 9.91. The number of nitrogens with one attached hydrogen (secondary N) is 1. The SMILES string of the molecule is O=C(NCc1ccccc1Cl)C1CCCN(Cc2nc(-c3ccccc3Cl)no2)C1. The van der Waals surface area contributed by atoms with E-state index in [0.717, 1.165) is 30.5 Å². The first-order valence-corrected chi connectivity index (χ1v) is 10.7. The van der Waals surface area contributed by atoms with E-state index < -0.39 is 0 Å². The molecule has 0 bridgehead atoms. The zero-order chi connectivity index (χ0) is 20.9. The molecule has 1 amide bonds. The summed E-state index contributed by atoms with van der Waals surface area (Å²) in [6, 6.07) is 14.9. The number of nitrogens with zero attached hydrogens (tertiary/aromatic N) is 3. The van der Waals surface area contributed by atoms with Gasteiger partial charge in [-0.3, -0.25) is 9.69 Å². The van der Waals surface area contributed by atoms with Gasteiger partial charge in [0.15, 0.2) is 0 Å². The second-order valence-corrected chi connectivity index (χ2v) is 8.19. The van der Waals surface area contributed by atoms with Crippen molar-refractivity contribution in [3.8, 4) is 11.4 Å². The summed E-state index contributed by atoms with van der Waals surface area (Å²) in [5, 5.41) is 8.30. The topological polar surface area (TPSA) is 71.3 Å². The van der Waals surface area contributed by atoms with Crippen molar-refractivity contribution in [1.29, 1.82) is 0 Å². The molecule has 30 heavy (non-hydrogen) atoms. The molecule has 0 saturated carbocycles. The standard InChI is InChI=1S/C22H22Cl2N4O2/c23-18-9-3-1-6-15(18)12-25-22(29)16-7-5-11-28(13-16)14-20-26-21(27-30-20)17-8-2-4-10-19(17)24/h1-4,6,8-10,16H,5,7,11-14H2,(H,25,29). The number of piperidine rings is 1. The van der Waals surface area contributed by atoms with Gasteiger partial charge in [-0.1, -0.05) is 58.7 Å². The van der Waals surface area contributed by atoms with Gasteiger partial charge in [0.2, 0.25) is 17.6 Å². The van der Waals surface area contributed by atoms with Crippen molar-refractivity contribution in [3.63, 3.8) is 0 Å². The van der Waals surface area contributed by atoms with E-state index >= 15 is 0 Å². The number of aromatic nitrogens is 2. The molecule has 1 aromatic heterocycles. The predicted octanol–water partition coefficient (Wildman–Crippen LogP) is 4.57. The van der Waals surface area contributed by atoms with E-state index in [9.17, 15) is 4.79 Å².